The Bertz CT molecular complexity index is 831. The fourth-order valence-corrected chi connectivity index (χ4v) is 2.85. The van der Waals surface area contributed by atoms with E-state index >= 15 is 0 Å². The zero-order valence-corrected chi connectivity index (χ0v) is 14.1. The Morgan fingerprint density at radius 1 is 1.14 bits per heavy atom. The maximum Gasteiger partial charge on any atom is 0.363 e. The molecule has 0 aromatic heterocycles. The lowest BCUT2D eigenvalue weighted by Gasteiger charge is -2.02. The Morgan fingerprint density at radius 2 is 1.95 bits per heavy atom. The van der Waals surface area contributed by atoms with Crippen molar-refractivity contribution in [2.75, 3.05) is 0 Å². The monoisotopic (exact) mass is 395 g/mol. The molecule has 3 nitrogen and oxygen atoms in total. The van der Waals surface area contributed by atoms with E-state index < -0.39 is 5.97 Å². The highest BCUT2D eigenvalue weighted by Crippen LogP contribution is 2.26. The fraction of sp³-hybridized carbons (Fsp3) is 0. The van der Waals surface area contributed by atoms with Crippen LogP contribution in [0.3, 0.4) is 0 Å². The van der Waals surface area contributed by atoms with Gasteiger partial charge in [0.15, 0.2) is 5.70 Å². The second kappa shape index (κ2) is 6.24. The van der Waals surface area contributed by atoms with E-state index in [4.69, 9.17) is 27.9 Å². The molecule has 6 heteroatoms. The van der Waals surface area contributed by atoms with Gasteiger partial charge in [0, 0.05) is 9.50 Å². The van der Waals surface area contributed by atoms with Gasteiger partial charge in [-0.05, 0) is 42.0 Å². The van der Waals surface area contributed by atoms with Gasteiger partial charge >= 0.3 is 5.97 Å². The van der Waals surface area contributed by atoms with Gasteiger partial charge in [-0.1, -0.05) is 51.3 Å². The number of carbonyl (C=O) groups is 1. The number of carbonyl (C=O) groups excluding carboxylic acids is 1. The van der Waals surface area contributed by atoms with Crippen molar-refractivity contribution in [2.45, 2.75) is 0 Å². The molecule has 0 radical (unpaired) electrons. The normalized spacial score (nSPS) is 15.9. The second-order valence-corrected chi connectivity index (χ2v) is 6.27. The first-order valence-electron chi connectivity index (χ1n) is 6.26. The summed E-state index contributed by atoms with van der Waals surface area (Å²) in [5, 5.41) is 0.881. The van der Waals surface area contributed by atoms with Crippen LogP contribution in [-0.2, 0) is 9.53 Å². The van der Waals surface area contributed by atoms with Crippen LogP contribution in [0.4, 0.5) is 0 Å². The molecule has 1 aliphatic rings. The second-order valence-electron chi connectivity index (χ2n) is 4.52. The summed E-state index contributed by atoms with van der Waals surface area (Å²) >= 11 is 15.3. The third kappa shape index (κ3) is 3.24. The smallest absolute Gasteiger partial charge is 0.363 e. The van der Waals surface area contributed by atoms with Crippen molar-refractivity contribution in [2.24, 2.45) is 4.99 Å². The van der Waals surface area contributed by atoms with E-state index in [1.54, 1.807) is 24.3 Å². The van der Waals surface area contributed by atoms with Crippen LogP contribution in [0.2, 0.25) is 10.0 Å². The van der Waals surface area contributed by atoms with Gasteiger partial charge in [-0.2, -0.15) is 0 Å². The number of hydrogen-bond donors (Lipinski definition) is 0. The molecule has 0 saturated heterocycles. The number of esters is 1. The number of hydrogen-bond acceptors (Lipinski definition) is 3. The molecule has 0 N–H and O–H groups in total. The summed E-state index contributed by atoms with van der Waals surface area (Å²) in [5.74, 6) is -0.339. The average molecular weight is 397 g/mol. The average Bonchev–Trinajstić information content (AvgIpc) is 2.80. The number of nitrogens with zero attached hydrogens (tertiary/aromatic N) is 1. The van der Waals surface area contributed by atoms with E-state index in [-0.39, 0.29) is 11.6 Å². The summed E-state index contributed by atoms with van der Waals surface area (Å²) < 4.78 is 6.10. The maximum absolute atomic E-state index is 11.9. The van der Waals surface area contributed by atoms with Crippen molar-refractivity contribution in [3.05, 3.63) is 73.8 Å². The van der Waals surface area contributed by atoms with Gasteiger partial charge in [0.1, 0.15) is 0 Å². The molecule has 0 aliphatic carbocycles. The van der Waals surface area contributed by atoms with E-state index in [0.717, 1.165) is 10.0 Å². The Labute approximate surface area is 145 Å². The molecule has 0 atom stereocenters. The molecule has 0 saturated carbocycles. The van der Waals surface area contributed by atoms with Crippen molar-refractivity contribution in [3.8, 4) is 0 Å². The van der Waals surface area contributed by atoms with Crippen molar-refractivity contribution in [1.29, 1.82) is 0 Å². The molecule has 0 unspecified atom stereocenters. The third-order valence-electron chi connectivity index (χ3n) is 2.93. The van der Waals surface area contributed by atoms with Crippen molar-refractivity contribution in [3.63, 3.8) is 0 Å². The Morgan fingerprint density at radius 3 is 2.68 bits per heavy atom. The van der Waals surface area contributed by atoms with Crippen LogP contribution in [0.15, 0.2) is 57.6 Å². The molecule has 0 fully saturated rings. The van der Waals surface area contributed by atoms with E-state index in [0.29, 0.717) is 15.6 Å². The summed E-state index contributed by atoms with van der Waals surface area (Å²) in [6.07, 6.45) is 1.66. The first kappa shape index (κ1) is 15.3. The molecule has 2 aromatic carbocycles. The highest BCUT2D eigenvalue weighted by atomic mass is 79.9. The van der Waals surface area contributed by atoms with Gasteiger partial charge in [-0.15, -0.1) is 0 Å². The van der Waals surface area contributed by atoms with Gasteiger partial charge in [-0.25, -0.2) is 9.79 Å². The van der Waals surface area contributed by atoms with E-state index in [1.165, 1.54) is 0 Å². The summed E-state index contributed by atoms with van der Waals surface area (Å²) in [5.41, 5.74) is 1.59. The quantitative estimate of drug-likeness (QED) is 0.523. The lowest BCUT2D eigenvalue weighted by atomic mass is 10.2. The van der Waals surface area contributed by atoms with Crippen LogP contribution in [0.1, 0.15) is 11.1 Å². The largest absolute Gasteiger partial charge is 0.402 e. The van der Waals surface area contributed by atoms with Crippen molar-refractivity contribution >= 4 is 57.1 Å². The van der Waals surface area contributed by atoms with E-state index in [2.05, 4.69) is 20.9 Å². The van der Waals surface area contributed by atoms with Crippen LogP contribution in [0.5, 0.6) is 0 Å². The molecule has 110 valence electrons. The number of rotatable bonds is 2. The minimum atomic E-state index is -0.513. The summed E-state index contributed by atoms with van der Waals surface area (Å²) in [6, 6.07) is 12.4. The molecule has 3 rings (SSSR count). The van der Waals surface area contributed by atoms with Crippen molar-refractivity contribution < 1.29 is 9.53 Å². The maximum atomic E-state index is 11.9. The molecule has 0 bridgehead atoms. The highest BCUT2D eigenvalue weighted by Gasteiger charge is 2.25. The number of ether oxygens (including phenoxy) is 1. The minimum Gasteiger partial charge on any atom is -0.402 e. The van der Waals surface area contributed by atoms with Gasteiger partial charge in [0.05, 0.1) is 10.6 Å². The molecule has 1 aliphatic heterocycles. The number of cyclic esters (lactones) is 1. The predicted molar refractivity (Wildman–Crippen MR) is 91.2 cm³/mol. The van der Waals surface area contributed by atoms with Gasteiger partial charge in [0.25, 0.3) is 0 Å². The first-order valence-corrected chi connectivity index (χ1v) is 7.81. The first-order chi connectivity index (χ1) is 10.5. The SMILES string of the molecule is O=C1OC(c2ccc(Cl)cc2Cl)=N/C1=C/c1cccc(Br)c1. The predicted octanol–water partition coefficient (Wildman–Crippen LogP) is 5.10. The molecule has 1 heterocycles. The zero-order chi connectivity index (χ0) is 15.7. The van der Waals surface area contributed by atoms with Crippen LogP contribution >= 0.6 is 39.1 Å². The molecule has 22 heavy (non-hydrogen) atoms. The Kier molecular flexibility index (Phi) is 4.34. The number of aliphatic imine (C=N–C) groups is 1. The van der Waals surface area contributed by atoms with Crippen molar-refractivity contribution in [1.82, 2.24) is 0 Å². The third-order valence-corrected chi connectivity index (χ3v) is 3.98. The Balaban J connectivity index is 1.98. The molecule has 0 amide bonds. The van der Waals surface area contributed by atoms with Crippen LogP contribution < -0.4 is 0 Å². The lowest BCUT2D eigenvalue weighted by molar-refractivity contribution is -0.129. The van der Waals surface area contributed by atoms with Crippen LogP contribution in [0.25, 0.3) is 6.08 Å². The zero-order valence-electron chi connectivity index (χ0n) is 11.0. The topological polar surface area (TPSA) is 38.7 Å². The number of benzene rings is 2. The molecular weight excluding hydrogens is 389 g/mol. The van der Waals surface area contributed by atoms with Gasteiger partial charge in [-0.3, -0.25) is 0 Å². The summed E-state index contributed by atoms with van der Waals surface area (Å²) in [7, 11) is 0. The molecule has 0 spiro atoms. The van der Waals surface area contributed by atoms with Crippen LogP contribution in [0, 0.1) is 0 Å². The van der Waals surface area contributed by atoms with Gasteiger partial charge < -0.3 is 4.74 Å². The molecule has 2 aromatic rings. The summed E-state index contributed by atoms with van der Waals surface area (Å²) in [4.78, 5) is 16.2. The Hall–Kier alpha value is -1.62. The summed E-state index contributed by atoms with van der Waals surface area (Å²) in [6.45, 7) is 0. The van der Waals surface area contributed by atoms with Crippen LogP contribution in [-0.4, -0.2) is 11.9 Å². The number of halogens is 3. The highest BCUT2D eigenvalue weighted by molar-refractivity contribution is 9.10. The minimum absolute atomic E-state index is 0.174. The molecular formula is C16H8BrCl2NO2. The van der Waals surface area contributed by atoms with E-state index in [9.17, 15) is 4.79 Å². The fourth-order valence-electron chi connectivity index (χ4n) is 1.94. The van der Waals surface area contributed by atoms with E-state index in [1.807, 2.05) is 24.3 Å². The lowest BCUT2D eigenvalue weighted by Crippen LogP contribution is -2.05. The standard InChI is InChI=1S/C16H8BrCl2NO2/c17-10-3-1-2-9(6-10)7-14-16(21)22-15(20-14)12-5-4-11(18)8-13(12)19/h1-8H/b14-7+. The van der Waals surface area contributed by atoms with Gasteiger partial charge in [0.2, 0.25) is 5.90 Å².